The van der Waals surface area contributed by atoms with Crippen molar-refractivity contribution in [2.75, 3.05) is 4.90 Å². The Labute approximate surface area is 314 Å². The van der Waals surface area contributed by atoms with Gasteiger partial charge >= 0.3 is 0 Å². The zero-order valence-corrected chi connectivity index (χ0v) is 29.6. The minimum atomic E-state index is 0.863. The van der Waals surface area contributed by atoms with E-state index in [1.807, 2.05) is 6.07 Å². The first-order valence-electron chi connectivity index (χ1n) is 18.4. The second-order valence-corrected chi connectivity index (χ2v) is 13.7. The lowest BCUT2D eigenvalue weighted by Crippen LogP contribution is -2.10. The van der Waals surface area contributed by atoms with E-state index in [-0.39, 0.29) is 0 Å². The SMILES string of the molecule is c1ccc(-c2cccc(N(c3ccc(-c4ccc5c(ccc6ccccc65)c4)cc3)c3cccc(-c4oc5ccccc5c4-c4ccccc4)c3)c2)cc1. The summed E-state index contributed by atoms with van der Waals surface area (Å²) in [7, 11) is 0. The number of hydrogen-bond acceptors (Lipinski definition) is 2. The van der Waals surface area contributed by atoms with E-state index in [1.165, 1.54) is 43.8 Å². The summed E-state index contributed by atoms with van der Waals surface area (Å²) in [4.78, 5) is 2.34. The molecule has 0 radical (unpaired) electrons. The average Bonchev–Trinajstić information content (AvgIpc) is 3.65. The van der Waals surface area contributed by atoms with Crippen LogP contribution in [0.4, 0.5) is 17.1 Å². The summed E-state index contributed by atoms with van der Waals surface area (Å²) in [5, 5.41) is 6.17. The van der Waals surface area contributed by atoms with Crippen LogP contribution in [0.25, 0.3) is 77.2 Å². The van der Waals surface area contributed by atoms with Crippen LogP contribution < -0.4 is 4.90 Å². The summed E-state index contributed by atoms with van der Waals surface area (Å²) in [5.41, 5.74) is 12.0. The fourth-order valence-corrected chi connectivity index (χ4v) is 7.82. The monoisotopic (exact) mass is 689 g/mol. The molecule has 54 heavy (non-hydrogen) atoms. The number of nitrogens with zero attached hydrogens (tertiary/aromatic N) is 1. The van der Waals surface area contributed by atoms with E-state index in [2.05, 4.69) is 211 Å². The van der Waals surface area contributed by atoms with Gasteiger partial charge in [0.05, 0.1) is 0 Å². The quantitative estimate of drug-likeness (QED) is 0.155. The lowest BCUT2D eigenvalue weighted by atomic mass is 9.97. The molecular weight excluding hydrogens is 655 g/mol. The van der Waals surface area contributed by atoms with Gasteiger partial charge in [-0.15, -0.1) is 0 Å². The molecule has 0 bridgehead atoms. The zero-order valence-electron chi connectivity index (χ0n) is 29.6. The van der Waals surface area contributed by atoms with Gasteiger partial charge in [-0.05, 0) is 97.9 Å². The van der Waals surface area contributed by atoms with Crippen molar-refractivity contribution in [2.24, 2.45) is 0 Å². The van der Waals surface area contributed by atoms with Gasteiger partial charge in [0, 0.05) is 33.6 Å². The van der Waals surface area contributed by atoms with Crippen LogP contribution in [-0.2, 0) is 0 Å². The first kappa shape index (κ1) is 31.6. The topological polar surface area (TPSA) is 16.4 Å². The van der Waals surface area contributed by atoms with Crippen LogP contribution >= 0.6 is 0 Å². The molecule has 2 heteroatoms. The van der Waals surface area contributed by atoms with Crippen LogP contribution in [0.1, 0.15) is 0 Å². The van der Waals surface area contributed by atoms with Gasteiger partial charge in [-0.1, -0.05) is 164 Å². The molecule has 10 aromatic rings. The molecule has 0 aliphatic carbocycles. The summed E-state index contributed by atoms with van der Waals surface area (Å²) in [6.07, 6.45) is 0. The van der Waals surface area contributed by atoms with Gasteiger partial charge in [0.1, 0.15) is 11.3 Å². The number of fused-ring (bicyclic) bond motifs is 4. The average molecular weight is 690 g/mol. The van der Waals surface area contributed by atoms with E-state index in [0.29, 0.717) is 0 Å². The maximum atomic E-state index is 6.66. The Hall–Kier alpha value is -7.16. The highest BCUT2D eigenvalue weighted by Crippen LogP contribution is 2.44. The molecule has 0 atom stereocenters. The van der Waals surface area contributed by atoms with Crippen molar-refractivity contribution in [1.29, 1.82) is 0 Å². The highest BCUT2D eigenvalue weighted by Gasteiger charge is 2.20. The zero-order chi connectivity index (χ0) is 35.8. The molecule has 0 N–H and O–H groups in total. The lowest BCUT2D eigenvalue weighted by molar-refractivity contribution is 0.632. The second kappa shape index (κ2) is 13.4. The first-order chi connectivity index (χ1) is 26.8. The molecule has 0 saturated heterocycles. The standard InChI is InChI=1S/C52H35NO/c1-3-13-36(14-4-1)40-18-11-20-45(34-40)53(44-30-27-37(28-31-44)41-29-32-48-42(33-41)26-25-38-15-7-8-22-47(38)48)46-21-12-19-43(35-46)52-51(39-16-5-2-6-17-39)49-23-9-10-24-50(49)54-52/h1-35H. The van der Waals surface area contributed by atoms with Crippen molar-refractivity contribution in [3.05, 3.63) is 212 Å². The van der Waals surface area contributed by atoms with Crippen molar-refractivity contribution in [3.63, 3.8) is 0 Å². The van der Waals surface area contributed by atoms with Crippen LogP contribution in [0.2, 0.25) is 0 Å². The Morgan fingerprint density at radius 3 is 1.61 bits per heavy atom. The number of benzene rings is 9. The van der Waals surface area contributed by atoms with Crippen LogP contribution in [0, 0.1) is 0 Å². The van der Waals surface area contributed by atoms with Crippen LogP contribution in [0.15, 0.2) is 217 Å². The second-order valence-electron chi connectivity index (χ2n) is 13.7. The Balaban J connectivity index is 1.09. The third-order valence-electron chi connectivity index (χ3n) is 10.4. The number of furan rings is 1. The Bertz CT molecular complexity index is 2920. The third kappa shape index (κ3) is 5.71. The Morgan fingerprint density at radius 1 is 0.296 bits per heavy atom. The molecule has 0 fully saturated rings. The molecule has 0 aliphatic rings. The van der Waals surface area contributed by atoms with Gasteiger partial charge in [0.2, 0.25) is 0 Å². The van der Waals surface area contributed by atoms with Crippen molar-refractivity contribution in [3.8, 4) is 44.7 Å². The van der Waals surface area contributed by atoms with E-state index in [0.717, 1.165) is 50.5 Å². The molecule has 0 saturated carbocycles. The summed E-state index contributed by atoms with van der Waals surface area (Å²) >= 11 is 0. The van der Waals surface area contributed by atoms with Crippen LogP contribution in [-0.4, -0.2) is 0 Å². The van der Waals surface area contributed by atoms with Crippen LogP contribution in [0.3, 0.4) is 0 Å². The molecule has 1 heterocycles. The maximum Gasteiger partial charge on any atom is 0.143 e. The molecule has 254 valence electrons. The number of para-hydroxylation sites is 1. The number of hydrogen-bond donors (Lipinski definition) is 0. The van der Waals surface area contributed by atoms with Crippen molar-refractivity contribution >= 4 is 49.6 Å². The van der Waals surface area contributed by atoms with Crippen molar-refractivity contribution in [1.82, 2.24) is 0 Å². The van der Waals surface area contributed by atoms with Gasteiger partial charge in [-0.2, -0.15) is 0 Å². The van der Waals surface area contributed by atoms with E-state index < -0.39 is 0 Å². The fraction of sp³-hybridized carbons (Fsp3) is 0. The van der Waals surface area contributed by atoms with E-state index in [1.54, 1.807) is 0 Å². The van der Waals surface area contributed by atoms with Gasteiger partial charge in [-0.25, -0.2) is 0 Å². The predicted octanol–water partition coefficient (Wildman–Crippen LogP) is 14.9. The van der Waals surface area contributed by atoms with Gasteiger partial charge in [0.25, 0.3) is 0 Å². The largest absolute Gasteiger partial charge is 0.455 e. The third-order valence-corrected chi connectivity index (χ3v) is 10.4. The summed E-state index contributed by atoms with van der Waals surface area (Å²) in [6.45, 7) is 0. The molecule has 9 aromatic carbocycles. The van der Waals surface area contributed by atoms with Crippen molar-refractivity contribution in [2.45, 2.75) is 0 Å². The molecule has 0 aliphatic heterocycles. The summed E-state index contributed by atoms with van der Waals surface area (Å²) < 4.78 is 6.66. The van der Waals surface area contributed by atoms with Gasteiger partial charge in [-0.3, -0.25) is 0 Å². The Kier molecular flexibility index (Phi) is 7.85. The van der Waals surface area contributed by atoms with Gasteiger partial charge in [0.15, 0.2) is 0 Å². The minimum absolute atomic E-state index is 0.863. The maximum absolute atomic E-state index is 6.66. The molecule has 2 nitrogen and oxygen atoms in total. The Morgan fingerprint density at radius 2 is 0.833 bits per heavy atom. The number of rotatable bonds is 7. The molecule has 1 aromatic heterocycles. The highest BCUT2D eigenvalue weighted by atomic mass is 16.3. The normalized spacial score (nSPS) is 11.3. The number of anilines is 3. The van der Waals surface area contributed by atoms with E-state index in [4.69, 9.17) is 4.42 Å². The minimum Gasteiger partial charge on any atom is -0.455 e. The molecule has 0 amide bonds. The molecule has 10 rings (SSSR count). The smallest absolute Gasteiger partial charge is 0.143 e. The molecule has 0 unspecified atom stereocenters. The van der Waals surface area contributed by atoms with Crippen molar-refractivity contribution < 1.29 is 4.42 Å². The summed E-state index contributed by atoms with van der Waals surface area (Å²) in [5.74, 6) is 0.863. The highest BCUT2D eigenvalue weighted by molar-refractivity contribution is 6.08. The van der Waals surface area contributed by atoms with Crippen LogP contribution in [0.5, 0.6) is 0 Å². The van der Waals surface area contributed by atoms with E-state index >= 15 is 0 Å². The predicted molar refractivity (Wildman–Crippen MR) is 228 cm³/mol. The van der Waals surface area contributed by atoms with E-state index in [9.17, 15) is 0 Å². The first-order valence-corrected chi connectivity index (χ1v) is 18.4. The molecular formula is C52H35NO. The fourth-order valence-electron chi connectivity index (χ4n) is 7.82. The lowest BCUT2D eigenvalue weighted by Gasteiger charge is -2.26. The molecule has 0 spiro atoms. The summed E-state index contributed by atoms with van der Waals surface area (Å²) in [6, 6.07) is 75.7. The van der Waals surface area contributed by atoms with Gasteiger partial charge < -0.3 is 9.32 Å².